The molecule has 0 unspecified atom stereocenters. The molecule has 2 aliphatic rings. The molecule has 8 heteroatoms. The van der Waals surface area contributed by atoms with Gasteiger partial charge in [0, 0.05) is 32.1 Å². The topological polar surface area (TPSA) is 92.5 Å². The lowest BCUT2D eigenvalue weighted by Gasteiger charge is -2.17. The predicted octanol–water partition coefficient (Wildman–Crippen LogP) is 1.22. The predicted molar refractivity (Wildman–Crippen MR) is 99.3 cm³/mol. The Kier molecular flexibility index (Phi) is 6.85. The maximum atomic E-state index is 12.4. The summed E-state index contributed by atoms with van der Waals surface area (Å²) in [5.41, 5.74) is 8.17. The minimum absolute atomic E-state index is 0. The Hall–Kier alpha value is -1.15. The van der Waals surface area contributed by atoms with Gasteiger partial charge < -0.3 is 10.6 Å². The van der Waals surface area contributed by atoms with Crippen LogP contribution >= 0.6 is 12.4 Å². The number of nitrogens with zero attached hydrogens (tertiary/aromatic N) is 1. The Bertz CT molecular complexity index is 724. The molecule has 0 saturated carbocycles. The van der Waals surface area contributed by atoms with E-state index in [2.05, 4.69) is 4.72 Å². The number of nitrogens with one attached hydrogen (secondary N) is 1. The lowest BCUT2D eigenvalue weighted by atomic mass is 9.92. The first kappa shape index (κ1) is 20.2. The normalized spacial score (nSPS) is 20.0. The van der Waals surface area contributed by atoms with Crippen LogP contribution in [0.15, 0.2) is 23.1 Å². The number of nitrogens with two attached hydrogens (primary N) is 1. The van der Waals surface area contributed by atoms with Crippen molar-refractivity contribution in [2.75, 3.05) is 19.6 Å². The molecule has 1 atom stereocenters. The van der Waals surface area contributed by atoms with Crippen molar-refractivity contribution in [2.24, 2.45) is 5.73 Å². The Morgan fingerprint density at radius 2 is 1.96 bits per heavy atom. The first-order valence-corrected chi connectivity index (χ1v) is 10.1. The highest BCUT2D eigenvalue weighted by molar-refractivity contribution is 7.89. The second-order valence-electron chi connectivity index (χ2n) is 6.67. The van der Waals surface area contributed by atoms with Crippen LogP contribution in [0.1, 0.15) is 36.8 Å². The van der Waals surface area contributed by atoms with Crippen LogP contribution in [0.3, 0.4) is 0 Å². The first-order valence-electron chi connectivity index (χ1n) is 8.60. The molecule has 1 aliphatic carbocycles. The van der Waals surface area contributed by atoms with Crippen molar-refractivity contribution in [1.29, 1.82) is 0 Å². The molecule has 3 N–H and O–H groups in total. The molecule has 1 aromatic carbocycles. The van der Waals surface area contributed by atoms with Crippen molar-refractivity contribution in [3.63, 3.8) is 0 Å². The number of hydrogen-bond donors (Lipinski definition) is 2. The lowest BCUT2D eigenvalue weighted by molar-refractivity contribution is -0.130. The van der Waals surface area contributed by atoms with E-state index in [9.17, 15) is 13.2 Å². The molecule has 0 spiro atoms. The molecule has 1 heterocycles. The van der Waals surface area contributed by atoms with E-state index in [0.29, 0.717) is 18.0 Å². The van der Waals surface area contributed by atoms with Gasteiger partial charge in [0.15, 0.2) is 0 Å². The number of hydrogen-bond acceptors (Lipinski definition) is 4. The highest BCUT2D eigenvalue weighted by Gasteiger charge is 2.24. The zero-order chi connectivity index (χ0) is 17.2. The Morgan fingerprint density at radius 3 is 2.64 bits per heavy atom. The van der Waals surface area contributed by atoms with Crippen LogP contribution in [0.2, 0.25) is 0 Å². The molecular weight excluding hydrogens is 362 g/mol. The zero-order valence-electron chi connectivity index (χ0n) is 14.2. The quantitative estimate of drug-likeness (QED) is 0.794. The van der Waals surface area contributed by atoms with Crippen LogP contribution in [0.5, 0.6) is 0 Å². The molecule has 6 nitrogen and oxygen atoms in total. The average Bonchev–Trinajstić information content (AvgIpc) is 3.01. The van der Waals surface area contributed by atoms with Gasteiger partial charge in [-0.15, -0.1) is 12.4 Å². The Labute approximate surface area is 155 Å². The van der Waals surface area contributed by atoms with Crippen LogP contribution < -0.4 is 10.5 Å². The smallest absolute Gasteiger partial charge is 0.240 e. The van der Waals surface area contributed by atoms with E-state index in [1.807, 2.05) is 6.07 Å². The number of likely N-dealkylation sites (tertiary alicyclic amines) is 1. The summed E-state index contributed by atoms with van der Waals surface area (Å²) in [7, 11) is -3.57. The fourth-order valence-corrected chi connectivity index (χ4v) is 4.51. The standard InChI is InChI=1S/C17H25N3O3S.ClH/c18-15-8-10-20(12-15)17(21)7-9-19-24(22,23)16-6-5-13-3-1-2-4-14(13)11-16;/h5-6,11,15,19H,1-4,7-10,12,18H2;1H/t15-;/m1./s1. The first-order chi connectivity index (χ1) is 11.5. The van der Waals surface area contributed by atoms with Crippen molar-refractivity contribution >= 4 is 28.3 Å². The van der Waals surface area contributed by atoms with E-state index in [1.54, 1.807) is 17.0 Å². The number of aryl methyl sites for hydroxylation is 2. The average molecular weight is 388 g/mol. The molecule has 1 aliphatic heterocycles. The third-order valence-electron chi connectivity index (χ3n) is 4.84. The number of rotatable bonds is 5. The van der Waals surface area contributed by atoms with Gasteiger partial charge in [-0.1, -0.05) is 6.07 Å². The number of halogens is 1. The number of carbonyl (C=O) groups is 1. The summed E-state index contributed by atoms with van der Waals surface area (Å²) in [5.74, 6) is -0.0453. The summed E-state index contributed by atoms with van der Waals surface area (Å²) in [4.78, 5) is 14.0. The van der Waals surface area contributed by atoms with Crippen LogP contribution in [-0.4, -0.2) is 44.9 Å². The van der Waals surface area contributed by atoms with Crippen LogP contribution in [-0.2, 0) is 27.7 Å². The van der Waals surface area contributed by atoms with Gasteiger partial charge in [0.25, 0.3) is 0 Å². The van der Waals surface area contributed by atoms with Gasteiger partial charge >= 0.3 is 0 Å². The second-order valence-corrected chi connectivity index (χ2v) is 8.44. The van der Waals surface area contributed by atoms with Gasteiger partial charge in [-0.2, -0.15) is 0 Å². The molecule has 0 aromatic heterocycles. The van der Waals surface area contributed by atoms with E-state index in [4.69, 9.17) is 5.73 Å². The highest BCUT2D eigenvalue weighted by atomic mass is 35.5. The largest absolute Gasteiger partial charge is 0.341 e. The summed E-state index contributed by atoms with van der Waals surface area (Å²) in [5, 5.41) is 0. The third kappa shape index (κ3) is 4.94. The van der Waals surface area contributed by atoms with Gasteiger partial charge in [0.1, 0.15) is 0 Å². The van der Waals surface area contributed by atoms with Crippen molar-refractivity contribution in [3.05, 3.63) is 29.3 Å². The number of benzene rings is 1. The molecule has 3 rings (SSSR count). The number of amides is 1. The molecule has 140 valence electrons. The van der Waals surface area contributed by atoms with Gasteiger partial charge in [-0.3, -0.25) is 4.79 Å². The van der Waals surface area contributed by atoms with E-state index in [0.717, 1.165) is 31.2 Å². The van der Waals surface area contributed by atoms with E-state index < -0.39 is 10.0 Å². The summed E-state index contributed by atoms with van der Waals surface area (Å²) in [6, 6.07) is 5.40. The van der Waals surface area contributed by atoms with Crippen LogP contribution in [0, 0.1) is 0 Å². The molecule has 1 amide bonds. The lowest BCUT2D eigenvalue weighted by Crippen LogP contribution is -2.34. The van der Waals surface area contributed by atoms with E-state index >= 15 is 0 Å². The maximum absolute atomic E-state index is 12.4. The molecule has 1 saturated heterocycles. The molecule has 0 bridgehead atoms. The van der Waals surface area contributed by atoms with E-state index in [-0.39, 0.29) is 37.3 Å². The third-order valence-corrected chi connectivity index (χ3v) is 6.30. The van der Waals surface area contributed by atoms with Crippen molar-refractivity contribution < 1.29 is 13.2 Å². The highest BCUT2D eigenvalue weighted by Crippen LogP contribution is 2.24. The summed E-state index contributed by atoms with van der Waals surface area (Å²) < 4.78 is 27.4. The summed E-state index contributed by atoms with van der Waals surface area (Å²) in [6.07, 6.45) is 5.21. The van der Waals surface area contributed by atoms with Crippen LogP contribution in [0.4, 0.5) is 0 Å². The molecule has 1 fully saturated rings. The minimum Gasteiger partial charge on any atom is -0.341 e. The fourth-order valence-electron chi connectivity index (χ4n) is 3.42. The number of fused-ring (bicyclic) bond motifs is 1. The molecule has 0 radical (unpaired) electrons. The van der Waals surface area contributed by atoms with Gasteiger partial charge in [-0.25, -0.2) is 13.1 Å². The van der Waals surface area contributed by atoms with Crippen molar-refractivity contribution in [2.45, 2.75) is 49.5 Å². The fraction of sp³-hybridized carbons (Fsp3) is 0.588. The van der Waals surface area contributed by atoms with Crippen molar-refractivity contribution in [1.82, 2.24) is 9.62 Å². The molecule has 1 aromatic rings. The number of sulfonamides is 1. The Morgan fingerprint density at radius 1 is 1.24 bits per heavy atom. The van der Waals surface area contributed by atoms with Crippen LogP contribution in [0.25, 0.3) is 0 Å². The monoisotopic (exact) mass is 387 g/mol. The van der Waals surface area contributed by atoms with E-state index in [1.165, 1.54) is 12.0 Å². The summed E-state index contributed by atoms with van der Waals surface area (Å²) in [6.45, 7) is 1.35. The minimum atomic E-state index is -3.57. The Balaban J connectivity index is 0.00000225. The molecule has 25 heavy (non-hydrogen) atoms. The maximum Gasteiger partial charge on any atom is 0.240 e. The summed E-state index contributed by atoms with van der Waals surface area (Å²) >= 11 is 0. The zero-order valence-corrected chi connectivity index (χ0v) is 15.9. The van der Waals surface area contributed by atoms with Crippen molar-refractivity contribution in [3.8, 4) is 0 Å². The SMILES string of the molecule is Cl.N[C@@H]1CCN(C(=O)CCNS(=O)(=O)c2ccc3c(c2)CCCC3)C1. The second kappa shape index (κ2) is 8.49. The number of carbonyl (C=O) groups excluding carboxylic acids is 1. The van der Waals surface area contributed by atoms with Gasteiger partial charge in [0.05, 0.1) is 4.90 Å². The van der Waals surface area contributed by atoms with Gasteiger partial charge in [0.2, 0.25) is 15.9 Å². The molecular formula is C17H26ClN3O3S. The van der Waals surface area contributed by atoms with Gasteiger partial charge in [-0.05, 0) is 55.4 Å².